The van der Waals surface area contributed by atoms with Crippen molar-refractivity contribution in [1.29, 1.82) is 0 Å². The fraction of sp³-hybridized carbons (Fsp3) is 0.0833. The molecule has 0 amide bonds. The van der Waals surface area contributed by atoms with E-state index >= 15 is 0 Å². The second-order valence-electron chi connectivity index (χ2n) is 13.5. The lowest BCUT2D eigenvalue weighted by Crippen LogP contribution is -2.12. The summed E-state index contributed by atoms with van der Waals surface area (Å²) >= 11 is 0. The number of aromatic nitrogens is 1. The Morgan fingerprint density at radius 1 is 0.540 bits per heavy atom. The highest BCUT2D eigenvalue weighted by atomic mass is 15.1. The van der Waals surface area contributed by atoms with Gasteiger partial charge in [-0.05, 0) is 147 Å². The molecule has 0 saturated heterocycles. The van der Waals surface area contributed by atoms with Crippen LogP contribution in [0.5, 0.6) is 0 Å². The number of hydrogen-bond donors (Lipinski definition) is 0. The fourth-order valence-electron chi connectivity index (χ4n) is 7.59. The van der Waals surface area contributed by atoms with E-state index in [0.29, 0.717) is 11.6 Å². The molecule has 0 radical (unpaired) electrons. The second-order valence-corrected chi connectivity index (χ2v) is 13.5. The minimum absolute atomic E-state index is 0.0686. The summed E-state index contributed by atoms with van der Waals surface area (Å²) in [5.41, 5.74) is 11.1. The average molecular weight is 649 g/mol. The molecule has 2 heteroatoms. The number of fused-ring (bicyclic) bond motifs is 9. The number of anilines is 3. The zero-order valence-corrected chi connectivity index (χ0v) is 27.9. The zero-order valence-electron chi connectivity index (χ0n) is 35.9. The Kier molecular flexibility index (Phi) is 4.77. The Morgan fingerprint density at radius 3 is 1.76 bits per heavy atom. The molecule has 0 fully saturated rings. The zero-order chi connectivity index (χ0) is 40.5. The Hall–Kier alpha value is -6.12. The van der Waals surface area contributed by atoms with Crippen LogP contribution in [0.25, 0.3) is 71.3 Å². The SMILES string of the molecule is [2H]c1c([2H])c([2H])c2c(c1[2H])c1c([2H])c([2H])c([2H])c([2H])c1n2-c1ccc2cc3c(cc2c1)-c1cc2cc(N(c4ccccc4)c4cc(C(C)C)ccc4C)ccc2cc1-3. The molecule has 50 heavy (non-hydrogen) atoms. The topological polar surface area (TPSA) is 8.17 Å². The van der Waals surface area contributed by atoms with Crippen molar-refractivity contribution in [2.75, 3.05) is 4.90 Å². The highest BCUT2D eigenvalue weighted by Gasteiger charge is 2.25. The maximum absolute atomic E-state index is 8.92. The molecule has 1 aliphatic carbocycles. The van der Waals surface area contributed by atoms with Crippen LogP contribution in [0.1, 0.15) is 41.9 Å². The van der Waals surface area contributed by atoms with Gasteiger partial charge in [-0.3, -0.25) is 0 Å². The number of hydrogen-bond acceptors (Lipinski definition) is 1. The molecule has 9 aromatic rings. The predicted molar refractivity (Wildman–Crippen MR) is 214 cm³/mol. The molecular formula is C48H36N2. The minimum Gasteiger partial charge on any atom is -0.310 e. The molecule has 2 nitrogen and oxygen atoms in total. The summed E-state index contributed by atoms with van der Waals surface area (Å²) in [6, 6.07) is 35.3. The molecule has 0 N–H and O–H groups in total. The quantitative estimate of drug-likeness (QED) is 0.180. The maximum Gasteiger partial charge on any atom is 0.0645 e. The van der Waals surface area contributed by atoms with Crippen molar-refractivity contribution < 1.29 is 11.0 Å². The van der Waals surface area contributed by atoms with E-state index in [2.05, 4.69) is 111 Å². The lowest BCUT2D eigenvalue weighted by atomic mass is 9.78. The van der Waals surface area contributed by atoms with Crippen LogP contribution >= 0.6 is 0 Å². The number of rotatable bonds is 5. The van der Waals surface area contributed by atoms with Crippen molar-refractivity contribution in [2.24, 2.45) is 0 Å². The minimum atomic E-state index is -0.455. The third kappa shape index (κ3) is 4.35. The van der Waals surface area contributed by atoms with Gasteiger partial charge in [0.2, 0.25) is 0 Å². The van der Waals surface area contributed by atoms with Crippen molar-refractivity contribution in [1.82, 2.24) is 4.57 Å². The number of nitrogens with zero attached hydrogens (tertiary/aromatic N) is 2. The van der Waals surface area contributed by atoms with Gasteiger partial charge in [0.05, 0.1) is 22.0 Å². The molecule has 0 spiro atoms. The van der Waals surface area contributed by atoms with Crippen molar-refractivity contribution >= 4 is 60.4 Å². The largest absolute Gasteiger partial charge is 0.310 e. The van der Waals surface area contributed by atoms with Crippen molar-refractivity contribution in [3.05, 3.63) is 169 Å². The maximum atomic E-state index is 8.92. The van der Waals surface area contributed by atoms with Gasteiger partial charge in [-0.25, -0.2) is 0 Å². The number of benzene rings is 8. The van der Waals surface area contributed by atoms with Crippen molar-refractivity contribution in [3.8, 4) is 27.9 Å². The van der Waals surface area contributed by atoms with Crippen LogP contribution in [0.15, 0.2) is 158 Å². The third-order valence-corrected chi connectivity index (χ3v) is 10.2. The van der Waals surface area contributed by atoms with Gasteiger partial charge in [-0.1, -0.05) is 92.6 Å². The Bertz CT molecular complexity index is 3180. The van der Waals surface area contributed by atoms with Crippen LogP contribution in [0.2, 0.25) is 0 Å². The van der Waals surface area contributed by atoms with Gasteiger partial charge in [0.15, 0.2) is 0 Å². The summed E-state index contributed by atoms with van der Waals surface area (Å²) < 4.78 is 70.7. The van der Waals surface area contributed by atoms with Crippen LogP contribution in [-0.2, 0) is 0 Å². The summed E-state index contributed by atoms with van der Waals surface area (Å²) in [4.78, 5) is 2.33. The first-order valence-corrected chi connectivity index (χ1v) is 17.0. The van der Waals surface area contributed by atoms with Crippen LogP contribution in [-0.4, -0.2) is 4.57 Å². The van der Waals surface area contributed by atoms with Crippen LogP contribution in [0.4, 0.5) is 17.1 Å². The van der Waals surface area contributed by atoms with Gasteiger partial charge >= 0.3 is 0 Å². The number of para-hydroxylation sites is 3. The molecule has 10 rings (SSSR count). The van der Waals surface area contributed by atoms with Gasteiger partial charge in [-0.2, -0.15) is 0 Å². The molecule has 0 atom stereocenters. The summed E-state index contributed by atoms with van der Waals surface area (Å²) in [6.45, 7) is 6.59. The molecule has 1 aromatic heterocycles. The summed E-state index contributed by atoms with van der Waals surface area (Å²) in [5, 5.41) is 4.26. The molecule has 0 aliphatic heterocycles. The fourth-order valence-corrected chi connectivity index (χ4v) is 7.59. The van der Waals surface area contributed by atoms with E-state index in [4.69, 9.17) is 11.0 Å². The van der Waals surface area contributed by atoms with E-state index in [0.717, 1.165) is 55.3 Å². The summed E-state index contributed by atoms with van der Waals surface area (Å²) in [5.74, 6) is 0.389. The first-order chi connectivity index (χ1) is 27.8. The highest BCUT2D eigenvalue weighted by molar-refractivity contribution is 6.13. The Labute approximate surface area is 303 Å². The van der Waals surface area contributed by atoms with Gasteiger partial charge in [0.1, 0.15) is 0 Å². The predicted octanol–water partition coefficient (Wildman–Crippen LogP) is 13.6. The van der Waals surface area contributed by atoms with E-state index in [1.807, 2.05) is 24.3 Å². The molecule has 8 aromatic carbocycles. The summed E-state index contributed by atoms with van der Waals surface area (Å²) in [7, 11) is 0. The molecule has 0 bridgehead atoms. The van der Waals surface area contributed by atoms with Crippen LogP contribution in [0, 0.1) is 6.92 Å². The van der Waals surface area contributed by atoms with Crippen molar-refractivity contribution in [3.63, 3.8) is 0 Å². The van der Waals surface area contributed by atoms with E-state index in [9.17, 15) is 0 Å². The van der Waals surface area contributed by atoms with Crippen molar-refractivity contribution in [2.45, 2.75) is 26.7 Å². The number of aryl methyl sites for hydroxylation is 1. The first-order valence-electron chi connectivity index (χ1n) is 21.0. The third-order valence-electron chi connectivity index (χ3n) is 10.2. The average Bonchev–Trinajstić information content (AvgIpc) is 3.59. The van der Waals surface area contributed by atoms with Gasteiger partial charge in [0.25, 0.3) is 0 Å². The van der Waals surface area contributed by atoms with E-state index in [1.54, 1.807) is 4.57 Å². The molecule has 1 aliphatic rings. The van der Waals surface area contributed by atoms with Gasteiger partial charge in [-0.15, -0.1) is 0 Å². The first kappa shape index (κ1) is 21.8. The summed E-state index contributed by atoms with van der Waals surface area (Å²) in [6.07, 6.45) is 0. The normalized spacial score (nSPS) is 14.3. The van der Waals surface area contributed by atoms with Gasteiger partial charge < -0.3 is 9.47 Å². The van der Waals surface area contributed by atoms with E-state index in [-0.39, 0.29) is 46.0 Å². The smallest absolute Gasteiger partial charge is 0.0645 e. The molecular weight excluding hydrogens is 605 g/mol. The van der Waals surface area contributed by atoms with Crippen LogP contribution < -0.4 is 4.90 Å². The molecule has 0 saturated carbocycles. The molecule has 0 unspecified atom stereocenters. The monoisotopic (exact) mass is 648 g/mol. The van der Waals surface area contributed by atoms with Gasteiger partial charge in [0, 0.05) is 33.5 Å². The highest BCUT2D eigenvalue weighted by Crippen LogP contribution is 2.51. The van der Waals surface area contributed by atoms with E-state index in [1.165, 1.54) is 16.7 Å². The lowest BCUT2D eigenvalue weighted by molar-refractivity contribution is 0.865. The second kappa shape index (κ2) is 10.9. The van der Waals surface area contributed by atoms with E-state index < -0.39 is 24.2 Å². The van der Waals surface area contributed by atoms with Crippen LogP contribution in [0.3, 0.4) is 0 Å². The lowest BCUT2D eigenvalue weighted by Gasteiger charge is -2.29. The molecule has 238 valence electrons. The Morgan fingerprint density at radius 2 is 1.12 bits per heavy atom. The molecule has 1 heterocycles. The Balaban J connectivity index is 1.13. The standard InChI is InChI=1S/C48H36N2/c1-30(2)32-18-17-31(3)48(29-32)49(37-11-5-4-6-12-37)38-21-19-33-25-42-43-26-34-20-22-39(24-36(34)28-45(43)44(42)27-35(33)23-38)50-46-15-9-7-13-40(46)41-14-8-10-16-47(41)50/h4-30H,1-3H3/i7D,8D,9D,10D,13D,14D,15D,16D.